The number of benzene rings is 1. The van der Waals surface area contributed by atoms with Crippen molar-refractivity contribution >= 4 is 11.6 Å². The molecule has 7 heteroatoms. The Morgan fingerprint density at radius 1 is 1.18 bits per heavy atom. The van der Waals surface area contributed by atoms with Gasteiger partial charge >= 0.3 is 0 Å². The van der Waals surface area contributed by atoms with Crippen LogP contribution >= 0.6 is 0 Å². The quantitative estimate of drug-likeness (QED) is 0.875. The molecule has 22 heavy (non-hydrogen) atoms. The van der Waals surface area contributed by atoms with Crippen molar-refractivity contribution in [2.24, 2.45) is 0 Å². The molecule has 4 rings (SSSR count). The van der Waals surface area contributed by atoms with Crippen molar-refractivity contribution in [2.45, 2.75) is 31.1 Å². The van der Waals surface area contributed by atoms with E-state index in [2.05, 4.69) is 10.1 Å². The van der Waals surface area contributed by atoms with Gasteiger partial charge in [0.25, 0.3) is 0 Å². The van der Waals surface area contributed by atoms with Crippen LogP contribution in [0, 0.1) is 11.6 Å². The lowest BCUT2D eigenvalue weighted by atomic mass is 10.1. The molecular weight excluding hydrogens is 292 g/mol. The summed E-state index contributed by atoms with van der Waals surface area (Å²) in [6.07, 6.45) is 2.37. The molecule has 1 saturated carbocycles. The van der Waals surface area contributed by atoms with Gasteiger partial charge in [0.05, 0.1) is 5.92 Å². The van der Waals surface area contributed by atoms with E-state index in [4.69, 9.17) is 4.52 Å². The van der Waals surface area contributed by atoms with E-state index in [-0.39, 0.29) is 18.2 Å². The van der Waals surface area contributed by atoms with E-state index >= 15 is 0 Å². The molecule has 1 amide bonds. The maximum atomic E-state index is 13.3. The van der Waals surface area contributed by atoms with Crippen LogP contribution in [-0.4, -0.2) is 22.6 Å². The van der Waals surface area contributed by atoms with Gasteiger partial charge in [-0.25, -0.2) is 8.78 Å². The van der Waals surface area contributed by atoms with Crippen LogP contribution in [0.5, 0.6) is 0 Å². The fourth-order valence-corrected chi connectivity index (χ4v) is 2.70. The molecular formula is C15H13F2N3O2. The van der Waals surface area contributed by atoms with E-state index in [0.29, 0.717) is 29.9 Å². The predicted octanol–water partition coefficient (Wildman–Crippen LogP) is 2.75. The van der Waals surface area contributed by atoms with Gasteiger partial charge in [-0.1, -0.05) is 5.16 Å². The second-order valence-electron chi connectivity index (χ2n) is 5.77. The summed E-state index contributed by atoms with van der Waals surface area (Å²) in [6, 6.07) is 3.43. The third-order valence-electron chi connectivity index (χ3n) is 4.09. The largest absolute Gasteiger partial charge is 0.339 e. The lowest BCUT2D eigenvalue weighted by molar-refractivity contribution is -0.117. The van der Waals surface area contributed by atoms with Gasteiger partial charge in [-0.2, -0.15) is 4.98 Å². The number of halogens is 2. The van der Waals surface area contributed by atoms with E-state index < -0.39 is 11.6 Å². The Morgan fingerprint density at radius 3 is 2.73 bits per heavy atom. The van der Waals surface area contributed by atoms with E-state index in [1.54, 1.807) is 0 Å². The summed E-state index contributed by atoms with van der Waals surface area (Å²) in [5.41, 5.74) is 0.341. The molecule has 2 heterocycles. The normalized spacial score (nSPS) is 21.6. The maximum Gasteiger partial charge on any atom is 0.232 e. The van der Waals surface area contributed by atoms with Crippen molar-refractivity contribution in [1.82, 2.24) is 10.1 Å². The van der Waals surface area contributed by atoms with Crippen molar-refractivity contribution in [3.05, 3.63) is 41.5 Å². The fraction of sp³-hybridized carbons (Fsp3) is 0.400. The molecule has 114 valence electrons. The number of amides is 1. The Balaban J connectivity index is 1.55. The number of anilines is 1. The Hall–Kier alpha value is -2.31. The van der Waals surface area contributed by atoms with Crippen LogP contribution in [0.3, 0.4) is 0 Å². The SMILES string of the molecule is O=C1CC(c2nc(C3CC3)no2)CN1c1ccc(F)c(F)c1. The molecule has 1 aromatic carbocycles. The number of aromatic nitrogens is 2. The van der Waals surface area contributed by atoms with Gasteiger partial charge in [0.2, 0.25) is 11.8 Å². The molecule has 0 radical (unpaired) electrons. The van der Waals surface area contributed by atoms with Crippen molar-refractivity contribution in [2.75, 3.05) is 11.4 Å². The van der Waals surface area contributed by atoms with Gasteiger partial charge in [0.1, 0.15) is 0 Å². The summed E-state index contributed by atoms with van der Waals surface area (Å²) in [7, 11) is 0. The highest BCUT2D eigenvalue weighted by Gasteiger charge is 2.37. The predicted molar refractivity (Wildman–Crippen MR) is 72.3 cm³/mol. The zero-order valence-corrected chi connectivity index (χ0v) is 11.6. The van der Waals surface area contributed by atoms with Crippen LogP contribution in [0.1, 0.15) is 42.8 Å². The highest BCUT2D eigenvalue weighted by atomic mass is 19.2. The summed E-state index contributed by atoms with van der Waals surface area (Å²) >= 11 is 0. The molecule has 1 unspecified atom stereocenters. The number of carbonyl (C=O) groups is 1. The highest BCUT2D eigenvalue weighted by Crippen LogP contribution is 2.39. The van der Waals surface area contributed by atoms with E-state index in [0.717, 1.165) is 25.0 Å². The summed E-state index contributed by atoms with van der Waals surface area (Å²) in [5, 5.41) is 3.95. The van der Waals surface area contributed by atoms with Gasteiger partial charge in [-0.15, -0.1) is 0 Å². The zero-order valence-electron chi connectivity index (χ0n) is 11.6. The lowest BCUT2D eigenvalue weighted by Crippen LogP contribution is -2.24. The Labute approximate surface area is 124 Å². The Kier molecular flexibility index (Phi) is 2.95. The third kappa shape index (κ3) is 2.26. The monoisotopic (exact) mass is 305 g/mol. The van der Waals surface area contributed by atoms with Gasteiger partial charge in [0.15, 0.2) is 17.5 Å². The molecule has 1 saturated heterocycles. The van der Waals surface area contributed by atoms with Crippen molar-refractivity contribution in [3.63, 3.8) is 0 Å². The van der Waals surface area contributed by atoms with Crippen LogP contribution in [-0.2, 0) is 4.79 Å². The van der Waals surface area contributed by atoms with E-state index in [9.17, 15) is 13.6 Å². The molecule has 2 fully saturated rings. The first-order valence-corrected chi connectivity index (χ1v) is 7.20. The fourth-order valence-electron chi connectivity index (χ4n) is 2.70. The van der Waals surface area contributed by atoms with Crippen LogP contribution in [0.2, 0.25) is 0 Å². The summed E-state index contributed by atoms with van der Waals surface area (Å²) < 4.78 is 31.6. The minimum Gasteiger partial charge on any atom is -0.339 e. The second kappa shape index (κ2) is 4.86. The van der Waals surface area contributed by atoms with Crippen LogP contribution in [0.15, 0.2) is 22.7 Å². The highest BCUT2D eigenvalue weighted by molar-refractivity contribution is 5.96. The second-order valence-corrected chi connectivity index (χ2v) is 5.77. The van der Waals surface area contributed by atoms with Crippen molar-refractivity contribution in [3.8, 4) is 0 Å². The first kappa shape index (κ1) is 13.4. The molecule has 1 aromatic heterocycles. The standard InChI is InChI=1S/C15H13F2N3O2/c16-11-4-3-10(6-12(11)17)20-7-9(5-13(20)21)15-18-14(19-22-15)8-1-2-8/h3-4,6,8-9H,1-2,5,7H2. The topological polar surface area (TPSA) is 59.2 Å². The first-order valence-electron chi connectivity index (χ1n) is 7.20. The average Bonchev–Trinajstić information content (AvgIpc) is 3.10. The number of hydrogen-bond donors (Lipinski definition) is 0. The number of nitrogens with zero attached hydrogens (tertiary/aromatic N) is 3. The van der Waals surface area contributed by atoms with Gasteiger partial charge in [-0.3, -0.25) is 4.79 Å². The van der Waals surface area contributed by atoms with E-state index in [1.807, 2.05) is 0 Å². The summed E-state index contributed by atoms with van der Waals surface area (Å²) in [6.45, 7) is 0.330. The summed E-state index contributed by atoms with van der Waals surface area (Å²) in [5.74, 6) is -0.741. The third-order valence-corrected chi connectivity index (χ3v) is 4.09. The molecule has 2 aliphatic rings. The van der Waals surface area contributed by atoms with Gasteiger partial charge in [-0.05, 0) is 25.0 Å². The first-order chi connectivity index (χ1) is 10.6. The van der Waals surface area contributed by atoms with Crippen molar-refractivity contribution in [1.29, 1.82) is 0 Å². The van der Waals surface area contributed by atoms with Gasteiger partial charge in [0, 0.05) is 30.6 Å². The molecule has 1 atom stereocenters. The van der Waals surface area contributed by atoms with Crippen LogP contribution in [0.25, 0.3) is 0 Å². The zero-order chi connectivity index (χ0) is 15.3. The number of rotatable bonds is 3. The average molecular weight is 305 g/mol. The molecule has 2 aromatic rings. The molecule has 0 spiro atoms. The maximum absolute atomic E-state index is 13.3. The lowest BCUT2D eigenvalue weighted by Gasteiger charge is -2.16. The minimum absolute atomic E-state index is 0.165. The molecule has 5 nitrogen and oxygen atoms in total. The molecule has 0 N–H and O–H groups in total. The van der Waals surface area contributed by atoms with Gasteiger partial charge < -0.3 is 9.42 Å². The Morgan fingerprint density at radius 2 is 2.00 bits per heavy atom. The molecule has 0 bridgehead atoms. The summed E-state index contributed by atoms with van der Waals surface area (Å²) in [4.78, 5) is 17.9. The van der Waals surface area contributed by atoms with Crippen LogP contribution < -0.4 is 4.90 Å². The minimum atomic E-state index is -0.970. The Bertz CT molecular complexity index is 742. The smallest absolute Gasteiger partial charge is 0.232 e. The van der Waals surface area contributed by atoms with Crippen molar-refractivity contribution < 1.29 is 18.1 Å². The number of carbonyl (C=O) groups excluding carboxylic acids is 1. The molecule has 1 aliphatic heterocycles. The van der Waals surface area contributed by atoms with E-state index in [1.165, 1.54) is 11.0 Å². The van der Waals surface area contributed by atoms with Crippen LogP contribution in [0.4, 0.5) is 14.5 Å². The number of hydrogen-bond acceptors (Lipinski definition) is 4. The molecule has 1 aliphatic carbocycles.